The van der Waals surface area contributed by atoms with Crippen LogP contribution < -0.4 is 5.73 Å². The molecule has 3 nitrogen and oxygen atoms in total. The number of carbonyl (C=O) groups is 1. The van der Waals surface area contributed by atoms with Crippen LogP contribution >= 0.6 is 27.3 Å². The van der Waals surface area contributed by atoms with Gasteiger partial charge in [-0.1, -0.05) is 0 Å². The summed E-state index contributed by atoms with van der Waals surface area (Å²) in [4.78, 5) is 14.9. The van der Waals surface area contributed by atoms with Gasteiger partial charge < -0.3 is 10.6 Å². The number of likely N-dealkylation sites (tertiary alicyclic amines) is 1. The van der Waals surface area contributed by atoms with E-state index in [0.717, 1.165) is 28.0 Å². The molecule has 1 atom stereocenters. The maximum Gasteiger partial charge on any atom is 0.246 e. The monoisotopic (exact) mass is 314 g/mol. The summed E-state index contributed by atoms with van der Waals surface area (Å²) >= 11 is 5.01. The Kier molecular flexibility index (Phi) is 4.36. The fraction of sp³-hybridized carbons (Fsp3) is 0.417. The van der Waals surface area contributed by atoms with Crippen LogP contribution in [0.4, 0.5) is 0 Å². The van der Waals surface area contributed by atoms with Crippen molar-refractivity contribution < 1.29 is 4.79 Å². The minimum atomic E-state index is 0.0717. The Labute approximate surface area is 113 Å². The first-order valence-corrected chi connectivity index (χ1v) is 7.25. The zero-order chi connectivity index (χ0) is 12.3. The Bertz CT molecular complexity index is 430. The highest BCUT2D eigenvalue weighted by molar-refractivity contribution is 9.11. The van der Waals surface area contributed by atoms with Crippen LogP contribution in [-0.2, 0) is 4.79 Å². The second-order valence-electron chi connectivity index (χ2n) is 4.04. The second-order valence-corrected chi connectivity index (χ2v) is 6.53. The Balaban J connectivity index is 1.99. The van der Waals surface area contributed by atoms with Crippen molar-refractivity contribution in [1.29, 1.82) is 0 Å². The van der Waals surface area contributed by atoms with Gasteiger partial charge in [-0.05, 0) is 47.0 Å². The van der Waals surface area contributed by atoms with Crippen LogP contribution in [0.5, 0.6) is 0 Å². The fourth-order valence-electron chi connectivity index (χ4n) is 2.04. The molecule has 17 heavy (non-hydrogen) atoms. The molecule has 0 saturated carbocycles. The maximum absolute atomic E-state index is 12.0. The molecule has 2 rings (SSSR count). The molecule has 1 aromatic heterocycles. The fourth-order valence-corrected chi connectivity index (χ4v) is 3.36. The number of hydrogen-bond acceptors (Lipinski definition) is 3. The smallest absolute Gasteiger partial charge is 0.246 e. The molecule has 0 spiro atoms. The van der Waals surface area contributed by atoms with Gasteiger partial charge in [0.15, 0.2) is 0 Å². The molecule has 0 bridgehead atoms. The molecule has 92 valence electrons. The molecular formula is C12H15BrN2OS. The van der Waals surface area contributed by atoms with E-state index in [1.165, 1.54) is 0 Å². The predicted octanol–water partition coefficient (Wildman–Crippen LogP) is 2.47. The van der Waals surface area contributed by atoms with Gasteiger partial charge in [-0.25, -0.2) is 0 Å². The van der Waals surface area contributed by atoms with Crippen molar-refractivity contribution in [3.63, 3.8) is 0 Å². The lowest BCUT2D eigenvalue weighted by atomic mass is 10.2. The third-order valence-electron chi connectivity index (χ3n) is 2.92. The normalized spacial score (nSPS) is 20.4. The van der Waals surface area contributed by atoms with Crippen molar-refractivity contribution >= 4 is 39.2 Å². The molecule has 1 unspecified atom stereocenters. The van der Waals surface area contributed by atoms with E-state index in [9.17, 15) is 4.79 Å². The minimum Gasteiger partial charge on any atom is -0.335 e. The van der Waals surface area contributed by atoms with Crippen LogP contribution in [0, 0.1) is 0 Å². The van der Waals surface area contributed by atoms with E-state index in [2.05, 4.69) is 15.9 Å². The molecule has 2 heterocycles. The number of thiophene rings is 1. The highest BCUT2D eigenvalue weighted by Crippen LogP contribution is 2.23. The first-order valence-electron chi connectivity index (χ1n) is 5.65. The highest BCUT2D eigenvalue weighted by Gasteiger charge is 2.25. The largest absolute Gasteiger partial charge is 0.335 e. The lowest BCUT2D eigenvalue weighted by Gasteiger charge is -2.21. The van der Waals surface area contributed by atoms with Crippen LogP contribution in [0.1, 0.15) is 17.7 Å². The van der Waals surface area contributed by atoms with Gasteiger partial charge in [0.2, 0.25) is 5.91 Å². The van der Waals surface area contributed by atoms with Crippen molar-refractivity contribution in [3.8, 4) is 0 Å². The van der Waals surface area contributed by atoms with Crippen molar-refractivity contribution in [1.82, 2.24) is 4.90 Å². The Morgan fingerprint density at radius 3 is 3.12 bits per heavy atom. The third-order valence-corrected chi connectivity index (χ3v) is 4.51. The average molecular weight is 315 g/mol. The van der Waals surface area contributed by atoms with Crippen LogP contribution in [0.15, 0.2) is 22.0 Å². The molecule has 1 amide bonds. The van der Waals surface area contributed by atoms with E-state index >= 15 is 0 Å². The summed E-state index contributed by atoms with van der Waals surface area (Å²) < 4.78 is 1.07. The number of rotatable bonds is 3. The molecule has 1 aliphatic heterocycles. The van der Waals surface area contributed by atoms with Gasteiger partial charge >= 0.3 is 0 Å². The first-order chi connectivity index (χ1) is 8.20. The molecule has 1 fully saturated rings. The molecular weight excluding hydrogens is 300 g/mol. The molecule has 1 aliphatic rings. The van der Waals surface area contributed by atoms with Crippen molar-refractivity contribution in [2.24, 2.45) is 5.73 Å². The van der Waals surface area contributed by atoms with E-state index in [1.807, 2.05) is 23.1 Å². The van der Waals surface area contributed by atoms with Gasteiger partial charge in [-0.3, -0.25) is 4.79 Å². The second kappa shape index (κ2) is 5.80. The van der Waals surface area contributed by atoms with Crippen LogP contribution in [0.25, 0.3) is 6.08 Å². The van der Waals surface area contributed by atoms with Gasteiger partial charge in [0.1, 0.15) is 0 Å². The highest BCUT2D eigenvalue weighted by atomic mass is 79.9. The number of nitrogens with two attached hydrogens (primary N) is 1. The molecule has 0 aromatic carbocycles. The SMILES string of the molecule is NCC1CCCN1C(=O)C=Cc1ccc(Br)s1. The lowest BCUT2D eigenvalue weighted by Crippen LogP contribution is -2.38. The van der Waals surface area contributed by atoms with Crippen molar-refractivity contribution in [3.05, 3.63) is 26.9 Å². The van der Waals surface area contributed by atoms with Gasteiger partial charge in [-0.2, -0.15) is 0 Å². The molecule has 2 N–H and O–H groups in total. The summed E-state index contributed by atoms with van der Waals surface area (Å²) in [5.74, 6) is 0.0717. The summed E-state index contributed by atoms with van der Waals surface area (Å²) in [5, 5.41) is 0. The zero-order valence-corrected chi connectivity index (χ0v) is 11.8. The van der Waals surface area contributed by atoms with E-state index in [4.69, 9.17) is 5.73 Å². The van der Waals surface area contributed by atoms with Crippen molar-refractivity contribution in [2.75, 3.05) is 13.1 Å². The Morgan fingerprint density at radius 2 is 2.47 bits per heavy atom. The number of amides is 1. The number of nitrogens with zero attached hydrogens (tertiary/aromatic N) is 1. The summed E-state index contributed by atoms with van der Waals surface area (Å²) in [6, 6.07) is 4.19. The number of carbonyl (C=O) groups excluding carboxylic acids is 1. The topological polar surface area (TPSA) is 46.3 Å². The first kappa shape index (κ1) is 12.8. The van der Waals surface area contributed by atoms with Crippen molar-refractivity contribution in [2.45, 2.75) is 18.9 Å². The standard InChI is InChI=1S/C12H15BrN2OS/c13-11-5-3-10(17-11)4-6-12(16)15-7-1-2-9(15)8-14/h3-6,9H,1-2,7-8,14H2. The van der Waals surface area contributed by atoms with E-state index in [0.29, 0.717) is 6.54 Å². The van der Waals surface area contributed by atoms with Crippen LogP contribution in [-0.4, -0.2) is 29.9 Å². The molecule has 0 radical (unpaired) electrons. The van der Waals surface area contributed by atoms with Crippen LogP contribution in [0.3, 0.4) is 0 Å². The summed E-state index contributed by atoms with van der Waals surface area (Å²) in [6.45, 7) is 1.39. The quantitative estimate of drug-likeness (QED) is 0.871. The van der Waals surface area contributed by atoms with Crippen LogP contribution in [0.2, 0.25) is 0 Å². The molecule has 1 aromatic rings. The van der Waals surface area contributed by atoms with Gasteiger partial charge in [0, 0.05) is 30.1 Å². The van der Waals surface area contributed by atoms with E-state index in [1.54, 1.807) is 17.4 Å². The predicted molar refractivity (Wildman–Crippen MR) is 74.8 cm³/mol. The summed E-state index contributed by atoms with van der Waals surface area (Å²) in [6.07, 6.45) is 5.60. The third kappa shape index (κ3) is 3.18. The average Bonchev–Trinajstić information content (AvgIpc) is 2.94. The Morgan fingerprint density at radius 1 is 1.65 bits per heavy atom. The minimum absolute atomic E-state index is 0.0717. The number of halogens is 1. The van der Waals surface area contributed by atoms with Gasteiger partial charge in [-0.15, -0.1) is 11.3 Å². The molecule has 1 saturated heterocycles. The maximum atomic E-state index is 12.0. The summed E-state index contributed by atoms with van der Waals surface area (Å²) in [5.41, 5.74) is 5.65. The molecule has 5 heteroatoms. The lowest BCUT2D eigenvalue weighted by molar-refractivity contribution is -0.126. The Hall–Kier alpha value is -0.650. The number of hydrogen-bond donors (Lipinski definition) is 1. The molecule has 0 aliphatic carbocycles. The zero-order valence-electron chi connectivity index (χ0n) is 9.43. The van der Waals surface area contributed by atoms with Gasteiger partial charge in [0.05, 0.1) is 3.79 Å². The van der Waals surface area contributed by atoms with E-state index in [-0.39, 0.29) is 11.9 Å². The van der Waals surface area contributed by atoms with E-state index < -0.39 is 0 Å². The summed E-state index contributed by atoms with van der Waals surface area (Å²) in [7, 11) is 0. The van der Waals surface area contributed by atoms with Gasteiger partial charge in [0.25, 0.3) is 0 Å².